The van der Waals surface area contributed by atoms with E-state index in [4.69, 9.17) is 4.98 Å². The number of piperidine rings is 1. The van der Waals surface area contributed by atoms with Crippen LogP contribution in [-0.2, 0) is 6.54 Å². The molecule has 5 nitrogen and oxygen atoms in total. The van der Waals surface area contributed by atoms with E-state index in [2.05, 4.69) is 55.6 Å². The summed E-state index contributed by atoms with van der Waals surface area (Å²) in [5, 5.41) is 13.7. The molecule has 0 spiro atoms. The lowest BCUT2D eigenvalue weighted by Gasteiger charge is -2.33. The van der Waals surface area contributed by atoms with Gasteiger partial charge >= 0.3 is 0 Å². The number of hydrogen-bond acceptors (Lipinski definition) is 5. The van der Waals surface area contributed by atoms with E-state index in [1.165, 1.54) is 5.00 Å². The Bertz CT molecular complexity index is 887. The van der Waals surface area contributed by atoms with Gasteiger partial charge in [-0.25, -0.2) is 4.98 Å². The van der Waals surface area contributed by atoms with Crippen molar-refractivity contribution in [1.82, 2.24) is 15.6 Å². The first kappa shape index (κ1) is 22.0. The van der Waals surface area contributed by atoms with Crippen molar-refractivity contribution in [3.8, 4) is 11.3 Å². The first-order chi connectivity index (χ1) is 13.8. The molecule has 0 aliphatic carbocycles. The van der Waals surface area contributed by atoms with Crippen molar-refractivity contribution in [3.05, 3.63) is 58.2 Å². The summed E-state index contributed by atoms with van der Waals surface area (Å²) in [6.07, 6.45) is 2.24. The van der Waals surface area contributed by atoms with E-state index < -0.39 is 0 Å². The van der Waals surface area contributed by atoms with Crippen LogP contribution in [0.15, 0.2) is 58.2 Å². The Balaban J connectivity index is 0.00000240. The molecule has 0 bridgehead atoms. The molecule has 0 saturated carbocycles. The highest BCUT2D eigenvalue weighted by Crippen LogP contribution is 2.25. The first-order valence-electron chi connectivity index (χ1n) is 9.57. The Hall–Kier alpha value is -1.65. The normalized spacial score (nSPS) is 15.1. The van der Waals surface area contributed by atoms with E-state index in [9.17, 15) is 0 Å². The van der Waals surface area contributed by atoms with Gasteiger partial charge in [0.1, 0.15) is 5.01 Å². The molecule has 1 aliphatic heterocycles. The third-order valence-corrected chi connectivity index (χ3v) is 6.68. The number of thiazole rings is 1. The summed E-state index contributed by atoms with van der Waals surface area (Å²) in [6, 6.07) is 15.1. The van der Waals surface area contributed by atoms with Crippen LogP contribution in [0.5, 0.6) is 0 Å². The van der Waals surface area contributed by atoms with Crippen LogP contribution in [0.25, 0.3) is 11.3 Å². The van der Waals surface area contributed by atoms with Gasteiger partial charge in [-0.1, -0.05) is 30.3 Å². The molecular formula is C21H26IN5S2. The second-order valence-electron chi connectivity index (χ2n) is 6.78. The van der Waals surface area contributed by atoms with Gasteiger partial charge in [-0.05, 0) is 30.4 Å². The summed E-state index contributed by atoms with van der Waals surface area (Å²) in [5.74, 6) is 0.853. The van der Waals surface area contributed by atoms with Gasteiger partial charge in [0.05, 0.1) is 17.2 Å². The Kier molecular flexibility index (Phi) is 8.31. The zero-order chi connectivity index (χ0) is 19.2. The molecule has 3 heterocycles. The summed E-state index contributed by atoms with van der Waals surface area (Å²) >= 11 is 3.50. The second kappa shape index (κ2) is 10.9. The van der Waals surface area contributed by atoms with Crippen molar-refractivity contribution in [1.29, 1.82) is 0 Å². The second-order valence-corrected chi connectivity index (χ2v) is 8.64. The number of nitrogens with one attached hydrogen (secondary N) is 2. The lowest BCUT2D eigenvalue weighted by atomic mass is 10.1. The summed E-state index contributed by atoms with van der Waals surface area (Å²) in [7, 11) is 1.83. The summed E-state index contributed by atoms with van der Waals surface area (Å²) in [6.45, 7) is 2.86. The molecule has 0 unspecified atom stereocenters. The van der Waals surface area contributed by atoms with Crippen LogP contribution in [-0.4, -0.2) is 37.1 Å². The largest absolute Gasteiger partial charge is 0.363 e. The number of rotatable bonds is 5. The molecular weight excluding hydrogens is 513 g/mol. The molecule has 1 aromatic carbocycles. The number of nitrogens with zero attached hydrogens (tertiary/aromatic N) is 3. The minimum absolute atomic E-state index is 0. The lowest BCUT2D eigenvalue weighted by Crippen LogP contribution is -2.48. The highest BCUT2D eigenvalue weighted by atomic mass is 127. The Morgan fingerprint density at radius 1 is 1.14 bits per heavy atom. The summed E-state index contributed by atoms with van der Waals surface area (Å²) < 4.78 is 0. The summed E-state index contributed by atoms with van der Waals surface area (Å²) in [4.78, 5) is 11.6. The number of halogens is 1. The van der Waals surface area contributed by atoms with E-state index >= 15 is 0 Å². The molecule has 1 fully saturated rings. The highest BCUT2D eigenvalue weighted by molar-refractivity contribution is 14.0. The highest BCUT2D eigenvalue weighted by Gasteiger charge is 2.20. The standard InChI is InChI=1S/C21H25N5S2.HI/c1-22-21(24-17-9-11-26(12-10-17)20-8-5-13-27-20)23-14-19-25-18(15-28-19)16-6-3-2-4-7-16;/h2-8,13,15,17H,9-12,14H2,1H3,(H2,22,23,24);1H. The predicted octanol–water partition coefficient (Wildman–Crippen LogP) is 4.82. The SMILES string of the molecule is CN=C(NCc1nc(-c2ccccc2)cs1)NC1CCN(c2cccs2)CC1.I. The maximum Gasteiger partial charge on any atom is 0.191 e. The average molecular weight is 540 g/mol. The molecule has 0 radical (unpaired) electrons. The van der Waals surface area contributed by atoms with Crippen LogP contribution >= 0.6 is 46.7 Å². The quantitative estimate of drug-likeness (QED) is 0.277. The van der Waals surface area contributed by atoms with Crippen molar-refractivity contribution in [2.75, 3.05) is 25.0 Å². The fourth-order valence-corrected chi connectivity index (χ4v) is 4.90. The third kappa shape index (κ3) is 5.93. The van der Waals surface area contributed by atoms with Gasteiger partial charge < -0.3 is 15.5 Å². The Labute approximate surface area is 197 Å². The number of benzene rings is 1. The van der Waals surface area contributed by atoms with Crippen molar-refractivity contribution < 1.29 is 0 Å². The number of aromatic nitrogens is 1. The van der Waals surface area contributed by atoms with Gasteiger partial charge in [0.15, 0.2) is 5.96 Å². The number of hydrogen-bond donors (Lipinski definition) is 2. The van der Waals surface area contributed by atoms with E-state index in [1.807, 2.05) is 36.6 Å². The molecule has 0 amide bonds. The van der Waals surface area contributed by atoms with Crippen molar-refractivity contribution in [3.63, 3.8) is 0 Å². The zero-order valence-electron chi connectivity index (χ0n) is 16.4. The van der Waals surface area contributed by atoms with E-state index in [0.29, 0.717) is 12.6 Å². The average Bonchev–Trinajstić information content (AvgIpc) is 3.44. The van der Waals surface area contributed by atoms with Gasteiger partial charge in [-0.3, -0.25) is 4.99 Å². The van der Waals surface area contributed by atoms with Crippen LogP contribution in [0.4, 0.5) is 5.00 Å². The fraction of sp³-hybridized carbons (Fsp3) is 0.333. The predicted molar refractivity (Wildman–Crippen MR) is 136 cm³/mol. The van der Waals surface area contributed by atoms with Gasteiger partial charge in [0, 0.05) is 37.1 Å². The zero-order valence-corrected chi connectivity index (χ0v) is 20.3. The molecule has 3 aromatic rings. The number of anilines is 1. The molecule has 1 aliphatic rings. The molecule has 2 N–H and O–H groups in total. The van der Waals surface area contributed by atoms with Gasteiger partial charge in [-0.2, -0.15) is 0 Å². The topological polar surface area (TPSA) is 52.6 Å². The monoisotopic (exact) mass is 539 g/mol. The maximum atomic E-state index is 4.74. The van der Waals surface area contributed by atoms with E-state index in [-0.39, 0.29) is 24.0 Å². The van der Waals surface area contributed by atoms with Crippen molar-refractivity contribution in [2.24, 2.45) is 4.99 Å². The maximum absolute atomic E-state index is 4.74. The summed E-state index contributed by atoms with van der Waals surface area (Å²) in [5.41, 5.74) is 2.19. The molecule has 4 rings (SSSR count). The number of thiophene rings is 1. The fourth-order valence-electron chi connectivity index (χ4n) is 3.37. The van der Waals surface area contributed by atoms with Gasteiger partial charge in [0.25, 0.3) is 0 Å². The molecule has 154 valence electrons. The smallest absolute Gasteiger partial charge is 0.191 e. The number of guanidine groups is 1. The van der Waals surface area contributed by atoms with Crippen LogP contribution in [0.3, 0.4) is 0 Å². The molecule has 2 aromatic heterocycles. The van der Waals surface area contributed by atoms with Crippen LogP contribution in [0, 0.1) is 0 Å². The van der Waals surface area contributed by atoms with Crippen LogP contribution < -0.4 is 15.5 Å². The Morgan fingerprint density at radius 2 is 1.93 bits per heavy atom. The minimum Gasteiger partial charge on any atom is -0.363 e. The van der Waals surface area contributed by atoms with Crippen molar-refractivity contribution >= 4 is 57.6 Å². The van der Waals surface area contributed by atoms with Crippen LogP contribution in [0.1, 0.15) is 17.8 Å². The van der Waals surface area contributed by atoms with Gasteiger partial charge in [0.2, 0.25) is 0 Å². The Morgan fingerprint density at radius 3 is 2.62 bits per heavy atom. The van der Waals surface area contributed by atoms with Gasteiger partial charge in [-0.15, -0.1) is 46.7 Å². The first-order valence-corrected chi connectivity index (χ1v) is 11.3. The molecule has 8 heteroatoms. The minimum atomic E-state index is 0. The lowest BCUT2D eigenvalue weighted by molar-refractivity contribution is 0.462. The molecule has 29 heavy (non-hydrogen) atoms. The van der Waals surface area contributed by atoms with E-state index in [0.717, 1.165) is 48.2 Å². The van der Waals surface area contributed by atoms with Crippen LogP contribution in [0.2, 0.25) is 0 Å². The van der Waals surface area contributed by atoms with Crippen molar-refractivity contribution in [2.45, 2.75) is 25.4 Å². The van der Waals surface area contributed by atoms with E-state index in [1.54, 1.807) is 11.3 Å². The number of aliphatic imine (C=N–C) groups is 1. The molecule has 0 atom stereocenters. The third-order valence-electron chi connectivity index (χ3n) is 4.91. The molecule has 1 saturated heterocycles.